The highest BCUT2D eigenvalue weighted by atomic mass is 16.5. The number of rotatable bonds is 7. The van der Waals surface area contributed by atoms with Crippen LogP contribution in [0.15, 0.2) is 16.7 Å². The molecule has 0 aliphatic rings. The second kappa shape index (κ2) is 6.72. The van der Waals surface area contributed by atoms with Gasteiger partial charge in [0, 0.05) is 17.7 Å². The van der Waals surface area contributed by atoms with E-state index in [4.69, 9.17) is 18.6 Å². The zero-order valence-corrected chi connectivity index (χ0v) is 13.3. The zero-order valence-electron chi connectivity index (χ0n) is 13.3. The van der Waals surface area contributed by atoms with Gasteiger partial charge in [0.25, 0.3) is 0 Å². The highest BCUT2D eigenvalue weighted by Crippen LogP contribution is 2.45. The van der Waals surface area contributed by atoms with Crippen LogP contribution in [0.25, 0.3) is 11.0 Å². The largest absolute Gasteiger partial charge is 0.493 e. The van der Waals surface area contributed by atoms with Gasteiger partial charge in [-0.25, -0.2) is 0 Å². The molecule has 0 saturated carbocycles. The number of ether oxygens (including phenoxy) is 3. The molecule has 116 valence electrons. The summed E-state index contributed by atoms with van der Waals surface area (Å²) < 4.78 is 21.9. The molecule has 0 aliphatic heterocycles. The molecule has 1 aromatic heterocycles. The van der Waals surface area contributed by atoms with Gasteiger partial charge in [-0.15, -0.1) is 0 Å². The van der Waals surface area contributed by atoms with E-state index in [-0.39, 0.29) is 0 Å². The minimum Gasteiger partial charge on any atom is -0.493 e. The minimum absolute atomic E-state index is 0.458. The van der Waals surface area contributed by atoms with Crippen LogP contribution in [-0.4, -0.2) is 33.9 Å². The van der Waals surface area contributed by atoms with Gasteiger partial charge in [0.15, 0.2) is 11.5 Å². The molecule has 1 N–H and O–H groups in total. The van der Waals surface area contributed by atoms with E-state index < -0.39 is 0 Å². The van der Waals surface area contributed by atoms with E-state index >= 15 is 0 Å². The summed E-state index contributed by atoms with van der Waals surface area (Å²) in [6.07, 6.45) is 2.63. The summed E-state index contributed by atoms with van der Waals surface area (Å²) in [6.45, 7) is 5.13. The maximum atomic E-state index is 5.65. The van der Waals surface area contributed by atoms with Crippen LogP contribution in [0.3, 0.4) is 0 Å². The number of hydrogen-bond donors (Lipinski definition) is 1. The van der Waals surface area contributed by atoms with Crippen LogP contribution < -0.4 is 19.5 Å². The van der Waals surface area contributed by atoms with Crippen LogP contribution in [0, 0.1) is 0 Å². The summed E-state index contributed by atoms with van der Waals surface area (Å²) in [5.41, 5.74) is 1.83. The Hall–Kier alpha value is -1.88. The normalized spacial score (nSPS) is 11.1. The molecule has 0 amide bonds. The maximum Gasteiger partial charge on any atom is 0.204 e. The lowest BCUT2D eigenvalue weighted by atomic mass is 10.1. The van der Waals surface area contributed by atoms with Crippen LogP contribution in [0.2, 0.25) is 0 Å². The van der Waals surface area contributed by atoms with Crippen molar-refractivity contribution in [1.29, 1.82) is 0 Å². The van der Waals surface area contributed by atoms with Gasteiger partial charge in [0.2, 0.25) is 5.75 Å². The molecule has 5 heteroatoms. The summed E-state index contributed by atoms with van der Waals surface area (Å²) in [4.78, 5) is 0. The Balaban J connectivity index is 2.44. The lowest BCUT2D eigenvalue weighted by Crippen LogP contribution is -2.24. The third-order valence-electron chi connectivity index (χ3n) is 3.39. The molecule has 0 bridgehead atoms. The predicted molar refractivity (Wildman–Crippen MR) is 82.7 cm³/mol. The van der Waals surface area contributed by atoms with Crippen LogP contribution in [0.5, 0.6) is 17.2 Å². The first-order valence-corrected chi connectivity index (χ1v) is 7.04. The van der Waals surface area contributed by atoms with Crippen LogP contribution in [-0.2, 0) is 6.42 Å². The second-order valence-corrected chi connectivity index (χ2v) is 5.14. The zero-order chi connectivity index (χ0) is 15.4. The molecule has 2 rings (SSSR count). The van der Waals surface area contributed by atoms with Crippen LogP contribution in [0.1, 0.15) is 19.4 Å². The van der Waals surface area contributed by atoms with Crippen molar-refractivity contribution in [2.24, 2.45) is 0 Å². The monoisotopic (exact) mass is 293 g/mol. The third-order valence-corrected chi connectivity index (χ3v) is 3.39. The molecule has 0 fully saturated rings. The summed E-state index contributed by atoms with van der Waals surface area (Å²) in [5, 5.41) is 4.34. The Morgan fingerprint density at radius 2 is 1.81 bits per heavy atom. The predicted octanol–water partition coefficient (Wildman–Crippen LogP) is 3.00. The quantitative estimate of drug-likeness (QED) is 0.850. The van der Waals surface area contributed by atoms with Crippen molar-refractivity contribution >= 4 is 11.0 Å². The number of fused-ring (bicyclic) bond motifs is 1. The number of methoxy groups -OCH3 is 3. The number of hydrogen-bond acceptors (Lipinski definition) is 5. The van der Waals surface area contributed by atoms with E-state index in [2.05, 4.69) is 19.2 Å². The van der Waals surface area contributed by atoms with Crippen molar-refractivity contribution in [2.45, 2.75) is 26.3 Å². The van der Waals surface area contributed by atoms with E-state index in [1.54, 1.807) is 27.6 Å². The van der Waals surface area contributed by atoms with E-state index in [1.807, 2.05) is 6.07 Å². The molecule has 1 heterocycles. The van der Waals surface area contributed by atoms with Gasteiger partial charge in [0.1, 0.15) is 5.58 Å². The second-order valence-electron chi connectivity index (χ2n) is 5.14. The SMILES string of the molecule is COc1cc2occ(CCNC(C)C)c2c(OC)c1OC. The first kappa shape index (κ1) is 15.5. The smallest absolute Gasteiger partial charge is 0.204 e. The van der Waals surface area contributed by atoms with E-state index in [0.717, 1.165) is 29.5 Å². The van der Waals surface area contributed by atoms with Crippen LogP contribution >= 0.6 is 0 Å². The minimum atomic E-state index is 0.458. The van der Waals surface area contributed by atoms with Gasteiger partial charge in [-0.2, -0.15) is 0 Å². The highest BCUT2D eigenvalue weighted by Gasteiger charge is 2.20. The van der Waals surface area contributed by atoms with Crippen molar-refractivity contribution in [2.75, 3.05) is 27.9 Å². The van der Waals surface area contributed by atoms with E-state index in [0.29, 0.717) is 23.3 Å². The lowest BCUT2D eigenvalue weighted by Gasteiger charge is -2.13. The highest BCUT2D eigenvalue weighted by molar-refractivity contribution is 5.92. The molecule has 0 radical (unpaired) electrons. The van der Waals surface area contributed by atoms with Crippen molar-refractivity contribution in [3.63, 3.8) is 0 Å². The Morgan fingerprint density at radius 3 is 2.38 bits per heavy atom. The van der Waals surface area contributed by atoms with Crippen molar-refractivity contribution in [3.05, 3.63) is 17.9 Å². The Morgan fingerprint density at radius 1 is 1.10 bits per heavy atom. The van der Waals surface area contributed by atoms with Gasteiger partial charge < -0.3 is 23.9 Å². The molecular weight excluding hydrogens is 270 g/mol. The average molecular weight is 293 g/mol. The molecule has 5 nitrogen and oxygen atoms in total. The molecular formula is C16H23NO4. The Kier molecular flexibility index (Phi) is 4.96. The topological polar surface area (TPSA) is 52.9 Å². The average Bonchev–Trinajstić information content (AvgIpc) is 2.87. The summed E-state index contributed by atoms with van der Waals surface area (Å²) in [7, 11) is 4.83. The fourth-order valence-electron chi connectivity index (χ4n) is 2.40. The van der Waals surface area contributed by atoms with Crippen molar-refractivity contribution in [3.8, 4) is 17.2 Å². The van der Waals surface area contributed by atoms with Crippen molar-refractivity contribution in [1.82, 2.24) is 5.32 Å². The summed E-state index contributed by atoms with van der Waals surface area (Å²) in [5.74, 6) is 1.84. The number of nitrogens with one attached hydrogen (secondary N) is 1. The lowest BCUT2D eigenvalue weighted by molar-refractivity contribution is 0.326. The number of furan rings is 1. The maximum absolute atomic E-state index is 5.65. The molecule has 21 heavy (non-hydrogen) atoms. The molecule has 1 aromatic carbocycles. The van der Waals surface area contributed by atoms with Crippen LogP contribution in [0.4, 0.5) is 0 Å². The van der Waals surface area contributed by atoms with E-state index in [9.17, 15) is 0 Å². The fourth-order valence-corrected chi connectivity index (χ4v) is 2.40. The Labute approximate surface area is 125 Å². The molecule has 0 aliphatic carbocycles. The van der Waals surface area contributed by atoms with Crippen molar-refractivity contribution < 1.29 is 18.6 Å². The molecule has 0 atom stereocenters. The third kappa shape index (κ3) is 3.08. The molecule has 0 saturated heterocycles. The van der Waals surface area contributed by atoms with Gasteiger partial charge >= 0.3 is 0 Å². The summed E-state index contributed by atoms with van der Waals surface area (Å²) >= 11 is 0. The molecule has 0 unspecified atom stereocenters. The van der Waals surface area contributed by atoms with Gasteiger partial charge in [0.05, 0.1) is 33.0 Å². The molecule has 0 spiro atoms. The number of benzene rings is 1. The Bertz CT molecular complexity index is 604. The van der Waals surface area contributed by atoms with E-state index in [1.165, 1.54) is 0 Å². The molecule has 2 aromatic rings. The summed E-state index contributed by atoms with van der Waals surface area (Å²) in [6, 6.07) is 2.29. The standard InChI is InChI=1S/C16H23NO4/c1-10(2)17-7-6-11-9-21-12-8-13(18-3)15(19-4)16(20-5)14(11)12/h8-10,17H,6-7H2,1-5H3. The van der Waals surface area contributed by atoms with Gasteiger partial charge in [-0.1, -0.05) is 13.8 Å². The first-order valence-electron chi connectivity index (χ1n) is 7.04. The van der Waals surface area contributed by atoms with Gasteiger partial charge in [-0.05, 0) is 13.0 Å². The fraction of sp³-hybridized carbons (Fsp3) is 0.500. The first-order chi connectivity index (χ1) is 10.1. The van der Waals surface area contributed by atoms with Gasteiger partial charge in [-0.3, -0.25) is 0 Å².